The minimum atomic E-state index is -0.0443. The second kappa shape index (κ2) is 4.99. The largest absolute Gasteiger partial charge is 0.486 e. The van der Waals surface area contributed by atoms with Gasteiger partial charge in [0.25, 0.3) is 0 Å². The Bertz CT molecular complexity index is 451. The Morgan fingerprint density at radius 3 is 2.53 bits per heavy atom. The van der Waals surface area contributed by atoms with Gasteiger partial charge in [0, 0.05) is 18.4 Å². The highest BCUT2D eigenvalue weighted by molar-refractivity contribution is 5.98. The molecule has 0 atom stereocenters. The highest BCUT2D eigenvalue weighted by Crippen LogP contribution is 2.31. The van der Waals surface area contributed by atoms with Crippen molar-refractivity contribution in [3.8, 4) is 11.5 Å². The summed E-state index contributed by atoms with van der Waals surface area (Å²) in [5.41, 5.74) is 0.565. The second-order valence-electron chi connectivity index (χ2n) is 3.98. The van der Waals surface area contributed by atoms with E-state index in [1.165, 1.54) is 6.92 Å². The minimum Gasteiger partial charge on any atom is -0.486 e. The molecule has 0 bridgehead atoms. The van der Waals surface area contributed by atoms with Gasteiger partial charge in [0.15, 0.2) is 17.3 Å². The molecule has 0 N–H and O–H groups in total. The lowest BCUT2D eigenvalue weighted by Crippen LogP contribution is -2.15. The van der Waals surface area contributed by atoms with Gasteiger partial charge in [-0.25, -0.2) is 0 Å². The summed E-state index contributed by atoms with van der Waals surface area (Å²) in [6, 6.07) is 5.11. The van der Waals surface area contributed by atoms with Crippen molar-refractivity contribution in [3.05, 3.63) is 23.8 Å². The highest BCUT2D eigenvalue weighted by atomic mass is 16.6. The van der Waals surface area contributed by atoms with E-state index in [1.807, 2.05) is 0 Å². The molecule has 0 spiro atoms. The zero-order valence-corrected chi connectivity index (χ0v) is 9.69. The zero-order chi connectivity index (χ0) is 12.3. The van der Waals surface area contributed by atoms with Crippen LogP contribution in [0, 0.1) is 0 Å². The number of fused-ring (bicyclic) bond motifs is 1. The molecule has 0 saturated carbocycles. The van der Waals surface area contributed by atoms with Crippen LogP contribution >= 0.6 is 0 Å². The summed E-state index contributed by atoms with van der Waals surface area (Å²) in [4.78, 5) is 22.6. The maximum Gasteiger partial charge on any atom is 0.163 e. The van der Waals surface area contributed by atoms with Gasteiger partial charge >= 0.3 is 0 Å². The first-order chi connectivity index (χ1) is 8.16. The SMILES string of the molecule is CC(=O)CCC(=O)c1ccc2c(c1)OCCO2. The fourth-order valence-corrected chi connectivity index (χ4v) is 1.65. The molecular formula is C13H14O4. The molecule has 0 radical (unpaired) electrons. The molecule has 0 fully saturated rings. The van der Waals surface area contributed by atoms with Crippen LogP contribution in [0.2, 0.25) is 0 Å². The average Bonchev–Trinajstić information content (AvgIpc) is 2.35. The molecule has 1 aliphatic rings. The van der Waals surface area contributed by atoms with E-state index in [0.717, 1.165) is 0 Å². The van der Waals surface area contributed by atoms with Crippen LogP contribution in [0.5, 0.6) is 11.5 Å². The standard InChI is InChI=1S/C13H14O4/c1-9(14)2-4-11(15)10-3-5-12-13(8-10)17-7-6-16-12/h3,5,8H,2,4,6-7H2,1H3. The van der Waals surface area contributed by atoms with Crippen molar-refractivity contribution < 1.29 is 19.1 Å². The molecule has 1 aromatic rings. The fraction of sp³-hybridized carbons (Fsp3) is 0.385. The number of benzene rings is 1. The van der Waals surface area contributed by atoms with Crippen LogP contribution in [0.1, 0.15) is 30.1 Å². The molecule has 0 aromatic heterocycles. The van der Waals surface area contributed by atoms with Gasteiger partial charge in [-0.3, -0.25) is 4.79 Å². The molecule has 17 heavy (non-hydrogen) atoms. The zero-order valence-electron chi connectivity index (χ0n) is 9.69. The van der Waals surface area contributed by atoms with Crippen LogP contribution in [-0.4, -0.2) is 24.8 Å². The van der Waals surface area contributed by atoms with Crippen molar-refractivity contribution in [3.63, 3.8) is 0 Å². The molecule has 0 amide bonds. The molecular weight excluding hydrogens is 220 g/mol. The van der Waals surface area contributed by atoms with Gasteiger partial charge in [0.05, 0.1) is 0 Å². The predicted octanol–water partition coefficient (Wildman–Crippen LogP) is 2.01. The van der Waals surface area contributed by atoms with Crippen LogP contribution in [0.4, 0.5) is 0 Å². The van der Waals surface area contributed by atoms with E-state index in [0.29, 0.717) is 30.3 Å². The summed E-state index contributed by atoms with van der Waals surface area (Å²) in [6.07, 6.45) is 0.530. The molecule has 0 saturated heterocycles. The molecule has 4 heteroatoms. The van der Waals surface area contributed by atoms with E-state index in [4.69, 9.17) is 9.47 Å². The van der Waals surface area contributed by atoms with E-state index in [2.05, 4.69) is 0 Å². The molecule has 0 aliphatic carbocycles. The lowest BCUT2D eigenvalue weighted by Gasteiger charge is -2.18. The normalized spacial score (nSPS) is 13.2. The average molecular weight is 234 g/mol. The lowest BCUT2D eigenvalue weighted by atomic mass is 10.0. The van der Waals surface area contributed by atoms with Crippen molar-refractivity contribution in [2.75, 3.05) is 13.2 Å². The maximum atomic E-state index is 11.8. The van der Waals surface area contributed by atoms with E-state index < -0.39 is 0 Å². The van der Waals surface area contributed by atoms with Crippen LogP contribution in [-0.2, 0) is 4.79 Å². The van der Waals surface area contributed by atoms with E-state index in [1.54, 1.807) is 18.2 Å². The molecule has 2 rings (SSSR count). The maximum absolute atomic E-state index is 11.8. The number of hydrogen-bond donors (Lipinski definition) is 0. The molecule has 1 heterocycles. The second-order valence-corrected chi connectivity index (χ2v) is 3.98. The number of ether oxygens (including phenoxy) is 2. The Labute approximate surface area is 99.5 Å². The highest BCUT2D eigenvalue weighted by Gasteiger charge is 2.15. The van der Waals surface area contributed by atoms with Gasteiger partial charge in [-0.2, -0.15) is 0 Å². The minimum absolute atomic E-state index is 0.0240. The number of carbonyl (C=O) groups excluding carboxylic acids is 2. The fourth-order valence-electron chi connectivity index (χ4n) is 1.65. The van der Waals surface area contributed by atoms with Gasteiger partial charge in [-0.05, 0) is 25.1 Å². The summed E-state index contributed by atoms with van der Waals surface area (Å²) in [6.45, 7) is 2.51. The van der Waals surface area contributed by atoms with Crippen molar-refractivity contribution in [1.82, 2.24) is 0 Å². The number of rotatable bonds is 4. The lowest BCUT2D eigenvalue weighted by molar-refractivity contribution is -0.116. The Hall–Kier alpha value is -1.84. The molecule has 1 aliphatic heterocycles. The monoisotopic (exact) mass is 234 g/mol. The third-order valence-electron chi connectivity index (χ3n) is 2.57. The summed E-state index contributed by atoms with van der Waals surface area (Å²) in [5.74, 6) is 1.25. The van der Waals surface area contributed by atoms with Gasteiger partial charge in [-0.15, -0.1) is 0 Å². The topological polar surface area (TPSA) is 52.6 Å². The molecule has 4 nitrogen and oxygen atoms in total. The van der Waals surface area contributed by atoms with E-state index in [9.17, 15) is 9.59 Å². The third kappa shape index (κ3) is 2.84. The quantitative estimate of drug-likeness (QED) is 0.748. The number of carbonyl (C=O) groups is 2. The van der Waals surface area contributed by atoms with Crippen LogP contribution in [0.15, 0.2) is 18.2 Å². The number of hydrogen-bond acceptors (Lipinski definition) is 4. The van der Waals surface area contributed by atoms with Crippen molar-refractivity contribution >= 4 is 11.6 Å². The van der Waals surface area contributed by atoms with Crippen LogP contribution < -0.4 is 9.47 Å². The Kier molecular flexibility index (Phi) is 3.42. The Morgan fingerprint density at radius 2 is 1.82 bits per heavy atom. The summed E-state index contributed by atoms with van der Waals surface area (Å²) >= 11 is 0. The summed E-state index contributed by atoms with van der Waals surface area (Å²) in [5, 5.41) is 0. The molecule has 0 unspecified atom stereocenters. The first-order valence-electron chi connectivity index (χ1n) is 5.59. The summed E-state index contributed by atoms with van der Waals surface area (Å²) in [7, 11) is 0. The van der Waals surface area contributed by atoms with Gasteiger partial charge in [0.2, 0.25) is 0 Å². The smallest absolute Gasteiger partial charge is 0.163 e. The number of ketones is 2. The first-order valence-corrected chi connectivity index (χ1v) is 5.59. The molecule has 1 aromatic carbocycles. The van der Waals surface area contributed by atoms with Gasteiger partial charge in [-0.1, -0.05) is 0 Å². The van der Waals surface area contributed by atoms with Crippen molar-refractivity contribution in [2.24, 2.45) is 0 Å². The van der Waals surface area contributed by atoms with Crippen molar-refractivity contribution in [2.45, 2.75) is 19.8 Å². The number of Topliss-reactive ketones (excluding diaryl/α,β-unsaturated/α-hetero) is 2. The Morgan fingerprint density at radius 1 is 1.12 bits per heavy atom. The van der Waals surface area contributed by atoms with Crippen LogP contribution in [0.3, 0.4) is 0 Å². The van der Waals surface area contributed by atoms with E-state index in [-0.39, 0.29) is 24.4 Å². The Balaban J connectivity index is 2.11. The van der Waals surface area contributed by atoms with E-state index >= 15 is 0 Å². The molecule has 90 valence electrons. The summed E-state index contributed by atoms with van der Waals surface area (Å²) < 4.78 is 10.8. The third-order valence-corrected chi connectivity index (χ3v) is 2.57. The first kappa shape index (κ1) is 11.6. The van der Waals surface area contributed by atoms with Crippen molar-refractivity contribution in [1.29, 1.82) is 0 Å². The van der Waals surface area contributed by atoms with Crippen LogP contribution in [0.25, 0.3) is 0 Å². The predicted molar refractivity (Wildman–Crippen MR) is 61.7 cm³/mol. The van der Waals surface area contributed by atoms with Gasteiger partial charge < -0.3 is 14.3 Å². The van der Waals surface area contributed by atoms with Gasteiger partial charge in [0.1, 0.15) is 19.0 Å².